The van der Waals surface area contributed by atoms with E-state index in [1.165, 1.54) is 12.2 Å². The van der Waals surface area contributed by atoms with E-state index in [2.05, 4.69) is 4.98 Å². The number of H-pyrrole nitrogens is 1. The van der Waals surface area contributed by atoms with Crippen LogP contribution in [0.5, 0.6) is 0 Å². The number of allylic oxidation sites excluding steroid dienone is 3. The highest BCUT2D eigenvalue weighted by Crippen LogP contribution is 2.16. The summed E-state index contributed by atoms with van der Waals surface area (Å²) in [5, 5.41) is 18.3. The summed E-state index contributed by atoms with van der Waals surface area (Å²) in [6.45, 7) is 3.85. The number of hydrogen-bond acceptors (Lipinski definition) is 4. The van der Waals surface area contributed by atoms with E-state index in [0.29, 0.717) is 10.9 Å². The zero-order valence-electron chi connectivity index (χ0n) is 12.3. The Morgan fingerprint density at radius 1 is 1.27 bits per heavy atom. The predicted molar refractivity (Wildman–Crippen MR) is 85.5 cm³/mol. The first kappa shape index (κ1) is 15.1. The second-order valence-corrected chi connectivity index (χ2v) is 4.96. The minimum atomic E-state index is -0.178. The number of rotatable bonds is 2. The van der Waals surface area contributed by atoms with E-state index in [-0.39, 0.29) is 16.7 Å². The van der Waals surface area contributed by atoms with E-state index in [1.807, 2.05) is 32.0 Å². The molecular weight excluding hydrogens is 276 g/mol. The van der Waals surface area contributed by atoms with Gasteiger partial charge in [-0.3, -0.25) is 4.79 Å². The third kappa shape index (κ3) is 2.74. The molecule has 108 valence electrons. The molecule has 0 unspecified atom stereocenters. The van der Waals surface area contributed by atoms with Crippen molar-refractivity contribution in [1.82, 2.24) is 4.98 Å². The maximum atomic E-state index is 12.5. The Balaban J connectivity index is 2.61. The van der Waals surface area contributed by atoms with Crippen molar-refractivity contribution in [3.05, 3.63) is 62.6 Å². The average molecular weight is 290 g/mol. The standard InChI is InChI=1S/C17H14N4O/c1-10-5-11(2)16-15(6-10)21-9-13(17(16)22)4-3-12(7-18)14(20)8-19/h3-6,9H,20H2,1-2H3,(H,21,22)/b4-3+,14-12-. The molecule has 0 bridgehead atoms. The summed E-state index contributed by atoms with van der Waals surface area (Å²) in [6.07, 6.45) is 4.44. The van der Waals surface area contributed by atoms with Gasteiger partial charge in [-0.1, -0.05) is 6.07 Å². The molecule has 0 saturated heterocycles. The summed E-state index contributed by atoms with van der Waals surface area (Å²) in [6, 6.07) is 7.39. The number of pyridine rings is 1. The Hall–Kier alpha value is -3.31. The molecule has 1 aromatic heterocycles. The average Bonchev–Trinajstić information content (AvgIpc) is 2.48. The van der Waals surface area contributed by atoms with Crippen LogP contribution in [0.15, 0.2) is 40.5 Å². The fraction of sp³-hybridized carbons (Fsp3) is 0.118. The lowest BCUT2D eigenvalue weighted by Gasteiger charge is -2.05. The molecule has 0 amide bonds. The number of aromatic amines is 1. The van der Waals surface area contributed by atoms with E-state index in [0.717, 1.165) is 16.6 Å². The number of fused-ring (bicyclic) bond motifs is 1. The van der Waals surface area contributed by atoms with Gasteiger partial charge in [-0.2, -0.15) is 10.5 Å². The smallest absolute Gasteiger partial charge is 0.196 e. The second kappa shape index (κ2) is 5.99. The second-order valence-electron chi connectivity index (χ2n) is 4.96. The van der Waals surface area contributed by atoms with Gasteiger partial charge in [0.05, 0.1) is 5.57 Å². The van der Waals surface area contributed by atoms with Crippen molar-refractivity contribution in [2.75, 3.05) is 0 Å². The molecule has 0 radical (unpaired) electrons. The number of nitriles is 2. The van der Waals surface area contributed by atoms with E-state index in [1.54, 1.807) is 12.3 Å². The van der Waals surface area contributed by atoms with Crippen LogP contribution in [0.2, 0.25) is 0 Å². The number of aryl methyl sites for hydroxylation is 2. The number of nitrogens with two attached hydrogens (primary N) is 1. The molecule has 5 heteroatoms. The Morgan fingerprint density at radius 2 is 2.00 bits per heavy atom. The molecule has 0 spiro atoms. The fourth-order valence-corrected chi connectivity index (χ4v) is 2.29. The maximum absolute atomic E-state index is 12.5. The van der Waals surface area contributed by atoms with Crippen molar-refractivity contribution in [2.45, 2.75) is 13.8 Å². The Labute approximate surface area is 127 Å². The molecule has 5 nitrogen and oxygen atoms in total. The van der Waals surface area contributed by atoms with Crippen molar-refractivity contribution in [3.8, 4) is 12.1 Å². The minimum absolute atomic E-state index is 0.0302. The molecule has 0 fully saturated rings. The zero-order valence-corrected chi connectivity index (χ0v) is 12.3. The van der Waals surface area contributed by atoms with Gasteiger partial charge in [0.1, 0.15) is 17.8 Å². The third-order valence-corrected chi connectivity index (χ3v) is 3.31. The first-order valence-electron chi connectivity index (χ1n) is 6.58. The fourth-order valence-electron chi connectivity index (χ4n) is 2.29. The zero-order chi connectivity index (χ0) is 16.3. The SMILES string of the molecule is Cc1cc(C)c2c(=O)c(/C=C/C(C#N)=C(/N)C#N)c[nH]c2c1. The molecule has 2 aromatic rings. The Morgan fingerprint density at radius 3 is 2.64 bits per heavy atom. The Kier molecular flexibility index (Phi) is 4.11. The molecule has 0 atom stereocenters. The van der Waals surface area contributed by atoms with Gasteiger partial charge >= 0.3 is 0 Å². The minimum Gasteiger partial charge on any atom is -0.389 e. The molecular formula is C17H14N4O. The highest BCUT2D eigenvalue weighted by atomic mass is 16.1. The van der Waals surface area contributed by atoms with Crippen LogP contribution in [0.4, 0.5) is 0 Å². The van der Waals surface area contributed by atoms with Gasteiger partial charge in [0, 0.05) is 22.7 Å². The van der Waals surface area contributed by atoms with Crippen LogP contribution >= 0.6 is 0 Å². The lowest BCUT2D eigenvalue weighted by Crippen LogP contribution is -2.08. The molecule has 0 aliphatic carbocycles. The number of benzene rings is 1. The number of nitrogens with one attached hydrogen (secondary N) is 1. The van der Waals surface area contributed by atoms with E-state index in [9.17, 15) is 4.79 Å². The lowest BCUT2D eigenvalue weighted by atomic mass is 10.0. The van der Waals surface area contributed by atoms with Crippen molar-refractivity contribution in [2.24, 2.45) is 5.73 Å². The molecule has 22 heavy (non-hydrogen) atoms. The normalized spacial score (nSPS) is 12.0. The van der Waals surface area contributed by atoms with Crippen LogP contribution < -0.4 is 11.2 Å². The van der Waals surface area contributed by atoms with Crippen LogP contribution in [0.1, 0.15) is 16.7 Å². The van der Waals surface area contributed by atoms with Crippen molar-refractivity contribution in [1.29, 1.82) is 10.5 Å². The van der Waals surface area contributed by atoms with Crippen molar-refractivity contribution < 1.29 is 0 Å². The first-order chi connectivity index (χ1) is 10.5. The van der Waals surface area contributed by atoms with Crippen LogP contribution in [0, 0.1) is 36.5 Å². The van der Waals surface area contributed by atoms with Crippen molar-refractivity contribution >= 4 is 17.0 Å². The number of aromatic nitrogens is 1. The molecule has 3 N–H and O–H groups in total. The van der Waals surface area contributed by atoms with Crippen molar-refractivity contribution in [3.63, 3.8) is 0 Å². The Bertz CT molecular complexity index is 949. The summed E-state index contributed by atoms with van der Waals surface area (Å²) in [5.74, 6) is 0. The largest absolute Gasteiger partial charge is 0.389 e. The van der Waals surface area contributed by atoms with Gasteiger partial charge in [0.15, 0.2) is 5.43 Å². The van der Waals surface area contributed by atoms with Crippen LogP contribution in [0.3, 0.4) is 0 Å². The maximum Gasteiger partial charge on any atom is 0.196 e. The number of hydrogen-bond donors (Lipinski definition) is 2. The summed E-state index contributed by atoms with van der Waals surface area (Å²) in [7, 11) is 0. The summed E-state index contributed by atoms with van der Waals surface area (Å²) in [4.78, 5) is 15.6. The summed E-state index contributed by atoms with van der Waals surface area (Å²) >= 11 is 0. The molecule has 0 saturated carbocycles. The van der Waals surface area contributed by atoms with Gasteiger partial charge in [-0.15, -0.1) is 0 Å². The van der Waals surface area contributed by atoms with E-state index >= 15 is 0 Å². The topological polar surface area (TPSA) is 106 Å². The molecule has 1 aromatic carbocycles. The van der Waals surface area contributed by atoms with Gasteiger partial charge < -0.3 is 10.7 Å². The summed E-state index contributed by atoms with van der Waals surface area (Å²) < 4.78 is 0. The molecule has 0 aliphatic heterocycles. The van der Waals surface area contributed by atoms with Gasteiger partial charge in [0.2, 0.25) is 0 Å². The van der Waals surface area contributed by atoms with E-state index in [4.69, 9.17) is 16.3 Å². The number of nitrogens with zero attached hydrogens (tertiary/aromatic N) is 2. The first-order valence-corrected chi connectivity index (χ1v) is 6.58. The highest BCUT2D eigenvalue weighted by molar-refractivity contribution is 5.84. The predicted octanol–water partition coefficient (Wildman–Crippen LogP) is 2.42. The molecule has 1 heterocycles. The van der Waals surface area contributed by atoms with Gasteiger partial charge in [-0.25, -0.2) is 0 Å². The van der Waals surface area contributed by atoms with Gasteiger partial charge in [-0.05, 0) is 43.2 Å². The molecule has 2 rings (SSSR count). The molecule has 0 aliphatic rings. The van der Waals surface area contributed by atoms with Gasteiger partial charge in [0.25, 0.3) is 0 Å². The highest BCUT2D eigenvalue weighted by Gasteiger charge is 2.07. The lowest BCUT2D eigenvalue weighted by molar-refractivity contribution is 1.32. The van der Waals surface area contributed by atoms with E-state index < -0.39 is 0 Å². The van der Waals surface area contributed by atoms with Crippen LogP contribution in [0.25, 0.3) is 17.0 Å². The quantitative estimate of drug-likeness (QED) is 0.654. The summed E-state index contributed by atoms with van der Waals surface area (Å²) in [5.41, 5.74) is 8.27. The van der Waals surface area contributed by atoms with Crippen LogP contribution in [-0.4, -0.2) is 4.98 Å². The third-order valence-electron chi connectivity index (χ3n) is 3.31. The monoisotopic (exact) mass is 290 g/mol. The van der Waals surface area contributed by atoms with Crippen LogP contribution in [-0.2, 0) is 0 Å².